The summed E-state index contributed by atoms with van der Waals surface area (Å²) in [5.74, 6) is 1.43. The fraction of sp³-hybridized carbons (Fsp3) is 0.538. The molecule has 0 spiro atoms. The highest BCUT2D eigenvalue weighted by atomic mass is 79.9. The highest BCUT2D eigenvalue weighted by Crippen LogP contribution is 2.37. The van der Waals surface area contributed by atoms with E-state index < -0.39 is 0 Å². The fourth-order valence-corrected chi connectivity index (χ4v) is 3.00. The average Bonchev–Trinajstić information content (AvgIpc) is 2.53. The molecule has 0 saturated heterocycles. The van der Waals surface area contributed by atoms with Gasteiger partial charge >= 0.3 is 0 Å². The Morgan fingerprint density at radius 3 is 2.47 bits per heavy atom. The Kier molecular flexibility index (Phi) is 3.73. The first-order valence-electron chi connectivity index (χ1n) is 5.55. The van der Waals surface area contributed by atoms with Crippen LogP contribution in [0.4, 0.5) is 0 Å². The normalized spacial score (nSPS) is 30.7. The molecule has 0 nitrogen and oxygen atoms in total. The Bertz CT molecular complexity index is 320. The molecular formula is C13H16BrCl. The van der Waals surface area contributed by atoms with Crippen molar-refractivity contribution >= 4 is 27.5 Å². The Labute approximate surface area is 105 Å². The van der Waals surface area contributed by atoms with Crippen molar-refractivity contribution < 1.29 is 0 Å². The lowest BCUT2D eigenvalue weighted by Gasteiger charge is -2.17. The first-order valence-corrected chi connectivity index (χ1v) is 6.78. The van der Waals surface area contributed by atoms with Gasteiger partial charge in [0.05, 0.1) is 0 Å². The number of hydrogen-bond donors (Lipinski definition) is 0. The Morgan fingerprint density at radius 2 is 1.93 bits per heavy atom. The molecule has 0 aliphatic heterocycles. The molecule has 3 unspecified atom stereocenters. The summed E-state index contributed by atoms with van der Waals surface area (Å²) in [6.07, 6.45) is 3.65. The molecule has 82 valence electrons. The smallest absolute Gasteiger partial charge is 0.0364 e. The van der Waals surface area contributed by atoms with Crippen LogP contribution in [0.25, 0.3) is 0 Å². The van der Waals surface area contributed by atoms with E-state index in [4.69, 9.17) is 11.6 Å². The number of hydrogen-bond acceptors (Lipinski definition) is 0. The molecule has 15 heavy (non-hydrogen) atoms. The molecule has 1 aromatic carbocycles. The maximum absolute atomic E-state index is 6.24. The Balaban J connectivity index is 2.00. The van der Waals surface area contributed by atoms with Crippen molar-refractivity contribution in [2.75, 3.05) is 0 Å². The fourth-order valence-electron chi connectivity index (χ4n) is 2.41. The van der Waals surface area contributed by atoms with Crippen molar-refractivity contribution in [3.8, 4) is 0 Å². The van der Waals surface area contributed by atoms with Crippen LogP contribution in [0.3, 0.4) is 0 Å². The van der Waals surface area contributed by atoms with Gasteiger partial charge in [-0.1, -0.05) is 35.0 Å². The van der Waals surface area contributed by atoms with Gasteiger partial charge in [-0.05, 0) is 48.8 Å². The molecule has 1 aromatic rings. The van der Waals surface area contributed by atoms with E-state index in [-0.39, 0.29) is 0 Å². The maximum Gasteiger partial charge on any atom is 0.0364 e. The first kappa shape index (κ1) is 11.5. The summed E-state index contributed by atoms with van der Waals surface area (Å²) < 4.78 is 1.15. The predicted molar refractivity (Wildman–Crippen MR) is 69.4 cm³/mol. The van der Waals surface area contributed by atoms with E-state index in [0.717, 1.165) is 10.4 Å². The van der Waals surface area contributed by atoms with Crippen LogP contribution in [0.1, 0.15) is 25.3 Å². The number of benzene rings is 1. The van der Waals surface area contributed by atoms with Crippen LogP contribution in [-0.2, 0) is 6.42 Å². The molecule has 0 radical (unpaired) electrons. The van der Waals surface area contributed by atoms with Crippen LogP contribution in [-0.4, -0.2) is 5.38 Å². The molecule has 0 amide bonds. The minimum absolute atomic E-state index is 0.394. The van der Waals surface area contributed by atoms with E-state index in [1.54, 1.807) is 0 Å². The summed E-state index contributed by atoms with van der Waals surface area (Å²) in [7, 11) is 0. The molecule has 3 atom stereocenters. The van der Waals surface area contributed by atoms with Crippen molar-refractivity contribution in [1.82, 2.24) is 0 Å². The van der Waals surface area contributed by atoms with Crippen molar-refractivity contribution in [2.24, 2.45) is 11.8 Å². The zero-order valence-corrected chi connectivity index (χ0v) is 11.3. The minimum Gasteiger partial charge on any atom is -0.123 e. The average molecular weight is 288 g/mol. The number of halogens is 2. The summed E-state index contributed by atoms with van der Waals surface area (Å²) in [5.41, 5.74) is 1.43. The van der Waals surface area contributed by atoms with Crippen LogP contribution in [0.2, 0.25) is 0 Å². The van der Waals surface area contributed by atoms with Gasteiger partial charge < -0.3 is 0 Å². The highest BCUT2D eigenvalue weighted by Gasteiger charge is 2.30. The van der Waals surface area contributed by atoms with E-state index >= 15 is 0 Å². The second kappa shape index (κ2) is 4.88. The Hall–Kier alpha value is -0.0100. The first-order chi connectivity index (χ1) is 7.16. The van der Waals surface area contributed by atoms with Crippen LogP contribution in [0.5, 0.6) is 0 Å². The van der Waals surface area contributed by atoms with Crippen molar-refractivity contribution in [3.05, 3.63) is 34.3 Å². The van der Waals surface area contributed by atoms with Crippen LogP contribution in [0, 0.1) is 11.8 Å². The third kappa shape index (κ3) is 2.76. The van der Waals surface area contributed by atoms with Crippen molar-refractivity contribution in [2.45, 2.75) is 31.6 Å². The van der Waals surface area contributed by atoms with Gasteiger partial charge in [0.15, 0.2) is 0 Å². The van der Waals surface area contributed by atoms with E-state index in [2.05, 4.69) is 47.1 Å². The van der Waals surface area contributed by atoms with Gasteiger partial charge in [0.25, 0.3) is 0 Å². The van der Waals surface area contributed by atoms with Crippen molar-refractivity contribution in [3.63, 3.8) is 0 Å². The largest absolute Gasteiger partial charge is 0.123 e. The molecule has 0 N–H and O–H groups in total. The van der Waals surface area contributed by atoms with E-state index in [9.17, 15) is 0 Å². The van der Waals surface area contributed by atoms with Gasteiger partial charge in [-0.3, -0.25) is 0 Å². The van der Waals surface area contributed by atoms with Gasteiger partial charge in [0.1, 0.15) is 0 Å². The number of rotatable bonds is 2. The highest BCUT2D eigenvalue weighted by molar-refractivity contribution is 9.10. The van der Waals surface area contributed by atoms with E-state index in [1.165, 1.54) is 24.8 Å². The van der Waals surface area contributed by atoms with Crippen LogP contribution >= 0.6 is 27.5 Å². The van der Waals surface area contributed by atoms with Crippen molar-refractivity contribution in [1.29, 1.82) is 0 Å². The number of alkyl halides is 1. The zero-order valence-electron chi connectivity index (χ0n) is 8.92. The molecule has 0 heterocycles. The third-order valence-corrected chi connectivity index (χ3v) is 4.68. The lowest BCUT2D eigenvalue weighted by atomic mass is 9.91. The van der Waals surface area contributed by atoms with Gasteiger partial charge in [-0.25, -0.2) is 0 Å². The molecule has 2 heteroatoms. The molecule has 1 saturated carbocycles. The van der Waals surface area contributed by atoms with Gasteiger partial charge in [-0.2, -0.15) is 0 Å². The second-order valence-electron chi connectivity index (χ2n) is 4.54. The van der Waals surface area contributed by atoms with E-state index in [0.29, 0.717) is 11.3 Å². The molecule has 1 aliphatic carbocycles. The monoisotopic (exact) mass is 286 g/mol. The van der Waals surface area contributed by atoms with E-state index in [1.807, 2.05) is 0 Å². The standard InChI is InChI=1S/C13H16BrCl/c1-9-11(4-7-13(9)15)8-10-2-5-12(14)6-3-10/h2-3,5-6,9,11,13H,4,7-8H2,1H3. The Morgan fingerprint density at radius 1 is 1.27 bits per heavy atom. The third-order valence-electron chi connectivity index (χ3n) is 3.54. The summed E-state index contributed by atoms with van der Waals surface area (Å²) in [4.78, 5) is 0. The van der Waals surface area contributed by atoms with Gasteiger partial charge in [0.2, 0.25) is 0 Å². The second-order valence-corrected chi connectivity index (χ2v) is 6.02. The molecule has 0 bridgehead atoms. The predicted octanol–water partition coefficient (Wildman–Crippen LogP) is 4.65. The maximum atomic E-state index is 6.24. The molecule has 0 aromatic heterocycles. The summed E-state index contributed by atoms with van der Waals surface area (Å²) in [6, 6.07) is 8.65. The molecular weight excluding hydrogens is 272 g/mol. The lowest BCUT2D eigenvalue weighted by molar-refractivity contribution is 0.420. The summed E-state index contributed by atoms with van der Waals surface area (Å²) >= 11 is 9.70. The summed E-state index contributed by atoms with van der Waals surface area (Å²) in [6.45, 7) is 2.29. The quantitative estimate of drug-likeness (QED) is 0.695. The SMILES string of the molecule is CC1C(Cl)CCC1Cc1ccc(Br)cc1. The lowest BCUT2D eigenvalue weighted by Crippen LogP contribution is -2.13. The van der Waals surface area contributed by atoms with Gasteiger partial charge in [-0.15, -0.1) is 11.6 Å². The zero-order chi connectivity index (χ0) is 10.8. The van der Waals surface area contributed by atoms with Gasteiger partial charge in [0, 0.05) is 9.85 Å². The molecule has 1 fully saturated rings. The minimum atomic E-state index is 0.394. The summed E-state index contributed by atoms with van der Waals surface area (Å²) in [5, 5.41) is 0.394. The topological polar surface area (TPSA) is 0 Å². The van der Waals surface area contributed by atoms with Crippen LogP contribution < -0.4 is 0 Å². The molecule has 1 aliphatic rings. The van der Waals surface area contributed by atoms with Crippen LogP contribution in [0.15, 0.2) is 28.7 Å². The molecule has 2 rings (SSSR count).